The standard InChI is InChI=1S/C12H20N4O2/c1-5-6-16(4)11-7-10(14-9(3)15-11)13-8(2)12(17)18/h7-8H,5-6H2,1-4H3,(H,17,18)(H,13,14,15). The second kappa shape index (κ2) is 6.18. The normalized spacial score (nSPS) is 12.0. The van der Waals surface area contributed by atoms with Crippen molar-refractivity contribution in [1.29, 1.82) is 0 Å². The maximum Gasteiger partial charge on any atom is 0.325 e. The predicted octanol–water partition coefficient (Wildman–Crippen LogP) is 1.52. The quantitative estimate of drug-likeness (QED) is 0.799. The van der Waals surface area contributed by atoms with Crippen molar-refractivity contribution in [2.45, 2.75) is 33.2 Å². The number of carbonyl (C=O) groups is 1. The fraction of sp³-hybridized carbons (Fsp3) is 0.583. The highest BCUT2D eigenvalue weighted by Crippen LogP contribution is 2.15. The van der Waals surface area contributed by atoms with Crippen molar-refractivity contribution in [3.8, 4) is 0 Å². The SMILES string of the molecule is CCCN(C)c1cc(NC(C)C(=O)O)nc(C)n1. The van der Waals surface area contributed by atoms with E-state index in [1.165, 1.54) is 0 Å². The Kier molecular flexibility index (Phi) is 4.88. The molecule has 6 nitrogen and oxygen atoms in total. The van der Waals surface area contributed by atoms with Gasteiger partial charge in [0.05, 0.1) is 0 Å². The summed E-state index contributed by atoms with van der Waals surface area (Å²) in [4.78, 5) is 21.3. The minimum atomic E-state index is -0.908. The van der Waals surface area contributed by atoms with Gasteiger partial charge in [-0.3, -0.25) is 4.79 Å². The Labute approximate surface area is 107 Å². The highest BCUT2D eigenvalue weighted by atomic mass is 16.4. The largest absolute Gasteiger partial charge is 0.480 e. The van der Waals surface area contributed by atoms with Crippen LogP contribution in [0.15, 0.2) is 6.07 Å². The number of nitrogens with one attached hydrogen (secondary N) is 1. The number of hydrogen-bond acceptors (Lipinski definition) is 5. The summed E-state index contributed by atoms with van der Waals surface area (Å²) < 4.78 is 0. The van der Waals surface area contributed by atoms with E-state index in [9.17, 15) is 4.79 Å². The molecule has 2 N–H and O–H groups in total. The van der Waals surface area contributed by atoms with E-state index in [0.29, 0.717) is 11.6 Å². The molecule has 1 heterocycles. The van der Waals surface area contributed by atoms with Crippen LogP contribution in [0.25, 0.3) is 0 Å². The lowest BCUT2D eigenvalue weighted by Gasteiger charge is -2.19. The van der Waals surface area contributed by atoms with Gasteiger partial charge >= 0.3 is 5.97 Å². The first kappa shape index (κ1) is 14.2. The Morgan fingerprint density at radius 3 is 2.78 bits per heavy atom. The molecule has 0 bridgehead atoms. The maximum absolute atomic E-state index is 10.8. The van der Waals surface area contributed by atoms with Gasteiger partial charge < -0.3 is 15.3 Å². The van der Waals surface area contributed by atoms with E-state index >= 15 is 0 Å². The molecule has 0 saturated heterocycles. The van der Waals surface area contributed by atoms with Crippen LogP contribution in [-0.2, 0) is 4.79 Å². The van der Waals surface area contributed by atoms with Crippen LogP contribution in [-0.4, -0.2) is 40.7 Å². The molecule has 0 fully saturated rings. The summed E-state index contributed by atoms with van der Waals surface area (Å²) in [5.41, 5.74) is 0. The number of nitrogens with zero attached hydrogens (tertiary/aromatic N) is 3. The fourth-order valence-corrected chi connectivity index (χ4v) is 1.55. The van der Waals surface area contributed by atoms with Crippen LogP contribution in [0.5, 0.6) is 0 Å². The van der Waals surface area contributed by atoms with Crippen molar-refractivity contribution in [3.05, 3.63) is 11.9 Å². The summed E-state index contributed by atoms with van der Waals surface area (Å²) in [6, 6.07) is 1.09. The summed E-state index contributed by atoms with van der Waals surface area (Å²) >= 11 is 0. The number of rotatable bonds is 6. The lowest BCUT2D eigenvalue weighted by atomic mass is 10.3. The summed E-state index contributed by atoms with van der Waals surface area (Å²) in [6.07, 6.45) is 1.02. The topological polar surface area (TPSA) is 78.4 Å². The first-order valence-electron chi connectivity index (χ1n) is 6.00. The Balaban J connectivity index is 2.90. The van der Waals surface area contributed by atoms with Gasteiger partial charge in [-0.2, -0.15) is 0 Å². The Morgan fingerprint density at radius 2 is 2.22 bits per heavy atom. The summed E-state index contributed by atoms with van der Waals surface area (Å²) in [5, 5.41) is 11.7. The van der Waals surface area contributed by atoms with Gasteiger partial charge in [-0.05, 0) is 20.3 Å². The first-order chi connectivity index (χ1) is 8.43. The van der Waals surface area contributed by atoms with Gasteiger partial charge in [-0.25, -0.2) is 9.97 Å². The van der Waals surface area contributed by atoms with Crippen LogP contribution >= 0.6 is 0 Å². The summed E-state index contributed by atoms with van der Waals surface area (Å²) in [5.74, 6) is 1.05. The lowest BCUT2D eigenvalue weighted by molar-refractivity contribution is -0.137. The van der Waals surface area contributed by atoms with Gasteiger partial charge in [-0.15, -0.1) is 0 Å². The molecule has 0 spiro atoms. The van der Waals surface area contributed by atoms with Gasteiger partial charge in [0.2, 0.25) is 0 Å². The zero-order chi connectivity index (χ0) is 13.7. The molecule has 0 saturated carbocycles. The highest BCUT2D eigenvalue weighted by molar-refractivity contribution is 5.76. The molecule has 1 unspecified atom stereocenters. The van der Waals surface area contributed by atoms with Crippen molar-refractivity contribution in [3.63, 3.8) is 0 Å². The second-order valence-corrected chi connectivity index (χ2v) is 4.28. The molecule has 18 heavy (non-hydrogen) atoms. The molecule has 100 valence electrons. The van der Waals surface area contributed by atoms with Crippen molar-refractivity contribution in [2.24, 2.45) is 0 Å². The molecule has 0 aromatic carbocycles. The Hall–Kier alpha value is -1.85. The molecule has 1 atom stereocenters. The number of aliphatic carboxylic acids is 1. The average Bonchev–Trinajstić information content (AvgIpc) is 2.28. The minimum Gasteiger partial charge on any atom is -0.480 e. The van der Waals surface area contributed by atoms with Crippen LogP contribution in [0.4, 0.5) is 11.6 Å². The summed E-state index contributed by atoms with van der Waals surface area (Å²) in [7, 11) is 1.95. The van der Waals surface area contributed by atoms with Crippen LogP contribution in [0.1, 0.15) is 26.1 Å². The van der Waals surface area contributed by atoms with Crippen molar-refractivity contribution >= 4 is 17.6 Å². The van der Waals surface area contributed by atoms with Gasteiger partial charge in [0.15, 0.2) is 0 Å². The van der Waals surface area contributed by atoms with Crippen LogP contribution in [0.2, 0.25) is 0 Å². The molecular weight excluding hydrogens is 232 g/mol. The number of hydrogen-bond donors (Lipinski definition) is 2. The smallest absolute Gasteiger partial charge is 0.325 e. The van der Waals surface area contributed by atoms with Gasteiger partial charge in [0, 0.05) is 19.7 Å². The predicted molar refractivity (Wildman–Crippen MR) is 71.1 cm³/mol. The first-order valence-corrected chi connectivity index (χ1v) is 6.00. The number of carboxylic acid groups (broad SMARTS) is 1. The molecule has 1 rings (SSSR count). The van der Waals surface area contributed by atoms with E-state index in [1.54, 1.807) is 19.9 Å². The molecule has 6 heteroatoms. The highest BCUT2D eigenvalue weighted by Gasteiger charge is 2.12. The van der Waals surface area contributed by atoms with Crippen molar-refractivity contribution in [1.82, 2.24) is 9.97 Å². The maximum atomic E-state index is 10.8. The molecule has 0 aliphatic rings. The van der Waals surface area contributed by atoms with E-state index in [-0.39, 0.29) is 0 Å². The number of anilines is 2. The number of aryl methyl sites for hydroxylation is 1. The second-order valence-electron chi connectivity index (χ2n) is 4.28. The molecular formula is C12H20N4O2. The zero-order valence-corrected chi connectivity index (χ0v) is 11.3. The van der Waals surface area contributed by atoms with E-state index in [0.717, 1.165) is 18.8 Å². The number of carboxylic acids is 1. The van der Waals surface area contributed by atoms with Gasteiger partial charge in [0.1, 0.15) is 23.5 Å². The van der Waals surface area contributed by atoms with Crippen molar-refractivity contribution in [2.75, 3.05) is 23.8 Å². The molecule has 0 amide bonds. The molecule has 1 aromatic rings. The minimum absolute atomic E-state index is 0.537. The molecule has 0 aliphatic carbocycles. The Morgan fingerprint density at radius 1 is 1.56 bits per heavy atom. The van der Waals surface area contributed by atoms with E-state index in [4.69, 9.17) is 5.11 Å². The fourth-order valence-electron chi connectivity index (χ4n) is 1.55. The van der Waals surface area contributed by atoms with Gasteiger partial charge in [-0.1, -0.05) is 6.92 Å². The van der Waals surface area contributed by atoms with Gasteiger partial charge in [0.25, 0.3) is 0 Å². The van der Waals surface area contributed by atoms with E-state index in [2.05, 4.69) is 22.2 Å². The Bertz CT molecular complexity index is 423. The van der Waals surface area contributed by atoms with Crippen LogP contribution < -0.4 is 10.2 Å². The third kappa shape index (κ3) is 3.87. The third-order valence-corrected chi connectivity index (χ3v) is 2.51. The lowest BCUT2D eigenvalue weighted by Crippen LogP contribution is -2.26. The van der Waals surface area contributed by atoms with Crippen LogP contribution in [0, 0.1) is 6.92 Å². The number of aromatic nitrogens is 2. The summed E-state index contributed by atoms with van der Waals surface area (Å²) in [6.45, 7) is 6.36. The zero-order valence-electron chi connectivity index (χ0n) is 11.3. The van der Waals surface area contributed by atoms with Crippen molar-refractivity contribution < 1.29 is 9.90 Å². The molecule has 0 radical (unpaired) electrons. The van der Waals surface area contributed by atoms with Crippen LogP contribution in [0.3, 0.4) is 0 Å². The molecule has 1 aromatic heterocycles. The average molecular weight is 252 g/mol. The molecule has 0 aliphatic heterocycles. The van der Waals surface area contributed by atoms with E-state index in [1.807, 2.05) is 11.9 Å². The monoisotopic (exact) mass is 252 g/mol. The third-order valence-electron chi connectivity index (χ3n) is 2.51. The van der Waals surface area contributed by atoms with E-state index < -0.39 is 12.0 Å².